The molecule has 2 aromatic rings. The highest BCUT2D eigenvalue weighted by atomic mass is 35.5. The van der Waals surface area contributed by atoms with Gasteiger partial charge >= 0.3 is 0 Å². The summed E-state index contributed by atoms with van der Waals surface area (Å²) in [5.41, 5.74) is 1.82. The van der Waals surface area contributed by atoms with Gasteiger partial charge < -0.3 is 5.32 Å². The monoisotopic (exact) mass is 251 g/mol. The summed E-state index contributed by atoms with van der Waals surface area (Å²) in [7, 11) is 0. The predicted molar refractivity (Wildman–Crippen MR) is 66.3 cm³/mol. The molecule has 0 spiro atoms. The van der Waals surface area contributed by atoms with Gasteiger partial charge in [0.2, 0.25) is 5.95 Å². The van der Waals surface area contributed by atoms with E-state index in [0.29, 0.717) is 11.0 Å². The van der Waals surface area contributed by atoms with Gasteiger partial charge in [-0.05, 0) is 13.5 Å². The smallest absolute Gasteiger partial charge is 0.250 e. The lowest BCUT2D eigenvalue weighted by Crippen LogP contribution is -2.12. The molecular weight excluding hydrogens is 238 g/mol. The van der Waals surface area contributed by atoms with Gasteiger partial charge in [-0.3, -0.25) is 0 Å². The molecule has 0 aliphatic rings. The molecule has 1 N–H and O–H groups in total. The highest BCUT2D eigenvalue weighted by molar-refractivity contribution is 6.31. The first-order chi connectivity index (χ1) is 8.20. The maximum atomic E-state index is 5.93. The summed E-state index contributed by atoms with van der Waals surface area (Å²) in [6.45, 7) is 5.60. The minimum absolute atomic E-state index is 0.528. The summed E-state index contributed by atoms with van der Waals surface area (Å²) in [4.78, 5) is 8.49. The Hall–Kier alpha value is -1.46. The number of nitrogens with zero attached hydrogens (tertiary/aromatic N) is 4. The van der Waals surface area contributed by atoms with Crippen LogP contribution in [0.15, 0.2) is 18.6 Å². The van der Waals surface area contributed by atoms with Crippen LogP contribution in [0.4, 0.5) is 0 Å². The summed E-state index contributed by atoms with van der Waals surface area (Å²) in [6, 6.07) is 0. The van der Waals surface area contributed by atoms with Gasteiger partial charge in [-0.2, -0.15) is 5.10 Å². The Kier molecular flexibility index (Phi) is 3.71. The van der Waals surface area contributed by atoms with Crippen molar-refractivity contribution < 1.29 is 0 Å². The second-order valence-electron chi connectivity index (χ2n) is 3.68. The average Bonchev–Trinajstić information content (AvgIpc) is 2.68. The third kappa shape index (κ3) is 2.81. The average molecular weight is 252 g/mol. The van der Waals surface area contributed by atoms with Gasteiger partial charge in [0.25, 0.3) is 0 Å². The number of halogens is 1. The van der Waals surface area contributed by atoms with Crippen LogP contribution in [0.3, 0.4) is 0 Å². The molecular formula is C11H14ClN5. The molecule has 0 unspecified atom stereocenters. The molecule has 2 heterocycles. The van der Waals surface area contributed by atoms with E-state index >= 15 is 0 Å². The molecule has 5 nitrogen and oxygen atoms in total. The molecule has 0 saturated heterocycles. The normalized spacial score (nSPS) is 10.8. The topological polar surface area (TPSA) is 55.6 Å². The van der Waals surface area contributed by atoms with Gasteiger partial charge in [0.05, 0.1) is 16.9 Å². The molecule has 2 rings (SSSR count). The van der Waals surface area contributed by atoms with Crippen molar-refractivity contribution in [2.45, 2.75) is 20.4 Å². The van der Waals surface area contributed by atoms with Crippen molar-refractivity contribution in [3.63, 3.8) is 0 Å². The van der Waals surface area contributed by atoms with Gasteiger partial charge in [0.1, 0.15) is 0 Å². The fourth-order valence-corrected chi connectivity index (χ4v) is 1.50. The largest absolute Gasteiger partial charge is 0.313 e. The zero-order valence-electron chi connectivity index (χ0n) is 9.81. The van der Waals surface area contributed by atoms with Crippen LogP contribution >= 0.6 is 11.6 Å². The quantitative estimate of drug-likeness (QED) is 0.899. The second-order valence-corrected chi connectivity index (χ2v) is 4.09. The van der Waals surface area contributed by atoms with Gasteiger partial charge in [-0.15, -0.1) is 0 Å². The molecule has 0 aromatic carbocycles. The lowest BCUT2D eigenvalue weighted by Gasteiger charge is -2.02. The van der Waals surface area contributed by atoms with Crippen LogP contribution in [0.5, 0.6) is 0 Å². The zero-order valence-corrected chi connectivity index (χ0v) is 10.6. The highest BCUT2D eigenvalue weighted by Crippen LogP contribution is 2.13. The van der Waals surface area contributed by atoms with Crippen molar-refractivity contribution >= 4 is 11.6 Å². The summed E-state index contributed by atoms with van der Waals surface area (Å²) >= 11 is 5.93. The van der Waals surface area contributed by atoms with Crippen LogP contribution in [0, 0.1) is 6.92 Å². The summed E-state index contributed by atoms with van der Waals surface area (Å²) in [6.07, 6.45) is 5.28. The molecule has 6 heteroatoms. The van der Waals surface area contributed by atoms with Crippen molar-refractivity contribution in [2.24, 2.45) is 0 Å². The molecule has 0 amide bonds. The lowest BCUT2D eigenvalue weighted by atomic mass is 10.3. The van der Waals surface area contributed by atoms with Crippen molar-refractivity contribution in [3.05, 3.63) is 34.9 Å². The van der Waals surface area contributed by atoms with Crippen LogP contribution in [0.2, 0.25) is 5.02 Å². The van der Waals surface area contributed by atoms with Crippen molar-refractivity contribution in [2.75, 3.05) is 6.54 Å². The molecule has 0 radical (unpaired) electrons. The fraction of sp³-hybridized carbons (Fsp3) is 0.364. The van der Waals surface area contributed by atoms with E-state index in [9.17, 15) is 0 Å². The SMILES string of the molecule is CCNCc1cnc(-n2cc(Cl)c(C)n2)nc1. The third-order valence-corrected chi connectivity index (χ3v) is 2.69. The van der Waals surface area contributed by atoms with Crippen LogP contribution in [-0.2, 0) is 6.54 Å². The van der Waals surface area contributed by atoms with Crippen LogP contribution < -0.4 is 5.32 Å². The maximum Gasteiger partial charge on any atom is 0.250 e. The minimum atomic E-state index is 0.528. The first-order valence-electron chi connectivity index (χ1n) is 5.44. The Morgan fingerprint density at radius 2 is 2.06 bits per heavy atom. The molecule has 0 saturated carbocycles. The molecule has 0 atom stereocenters. The Balaban J connectivity index is 2.17. The summed E-state index contributed by atoms with van der Waals surface area (Å²) < 4.78 is 1.58. The van der Waals surface area contributed by atoms with Crippen molar-refractivity contribution in [1.29, 1.82) is 0 Å². The minimum Gasteiger partial charge on any atom is -0.313 e. The molecule has 17 heavy (non-hydrogen) atoms. The Bertz CT molecular complexity index is 472. The van der Waals surface area contributed by atoms with E-state index < -0.39 is 0 Å². The number of hydrogen-bond acceptors (Lipinski definition) is 4. The van der Waals surface area contributed by atoms with Crippen molar-refractivity contribution in [1.82, 2.24) is 25.1 Å². The number of aromatic nitrogens is 4. The second kappa shape index (κ2) is 5.25. The Morgan fingerprint density at radius 1 is 1.35 bits per heavy atom. The van der Waals surface area contributed by atoms with E-state index in [1.165, 1.54) is 0 Å². The highest BCUT2D eigenvalue weighted by Gasteiger charge is 2.05. The van der Waals surface area contributed by atoms with E-state index in [4.69, 9.17) is 11.6 Å². The van der Waals surface area contributed by atoms with Gasteiger partial charge in [0.15, 0.2) is 0 Å². The van der Waals surface area contributed by atoms with E-state index in [0.717, 1.165) is 24.3 Å². The van der Waals surface area contributed by atoms with E-state index in [1.807, 2.05) is 6.92 Å². The van der Waals surface area contributed by atoms with E-state index in [1.54, 1.807) is 23.3 Å². The maximum absolute atomic E-state index is 5.93. The first kappa shape index (κ1) is 12.0. The molecule has 0 aliphatic heterocycles. The number of hydrogen-bond donors (Lipinski definition) is 1. The lowest BCUT2D eigenvalue weighted by molar-refractivity contribution is 0.715. The van der Waals surface area contributed by atoms with Crippen LogP contribution in [0.25, 0.3) is 5.95 Å². The first-order valence-corrected chi connectivity index (χ1v) is 5.82. The number of aryl methyl sites for hydroxylation is 1. The number of nitrogens with one attached hydrogen (secondary N) is 1. The standard InChI is InChI=1S/C11H14ClN5/c1-3-13-4-9-5-14-11(15-6-9)17-7-10(12)8(2)16-17/h5-7,13H,3-4H2,1-2H3. The summed E-state index contributed by atoms with van der Waals surface area (Å²) in [5.74, 6) is 0.528. The summed E-state index contributed by atoms with van der Waals surface area (Å²) in [5, 5.41) is 8.05. The molecule has 0 bridgehead atoms. The number of rotatable bonds is 4. The van der Waals surface area contributed by atoms with Gasteiger partial charge in [0, 0.05) is 24.5 Å². The predicted octanol–water partition coefficient (Wildman–Crippen LogP) is 1.73. The van der Waals surface area contributed by atoms with Crippen molar-refractivity contribution in [3.8, 4) is 5.95 Å². The van der Waals surface area contributed by atoms with Gasteiger partial charge in [-0.25, -0.2) is 14.6 Å². The fourth-order valence-electron chi connectivity index (χ4n) is 1.37. The Morgan fingerprint density at radius 3 is 2.59 bits per heavy atom. The zero-order chi connectivity index (χ0) is 12.3. The molecule has 0 aliphatic carbocycles. The van der Waals surface area contributed by atoms with E-state index in [-0.39, 0.29) is 0 Å². The molecule has 0 fully saturated rings. The molecule has 2 aromatic heterocycles. The Labute approximate surface area is 105 Å². The van der Waals surface area contributed by atoms with E-state index in [2.05, 4.69) is 27.3 Å². The van der Waals surface area contributed by atoms with Crippen LogP contribution in [-0.4, -0.2) is 26.3 Å². The van der Waals surface area contributed by atoms with Gasteiger partial charge in [-0.1, -0.05) is 18.5 Å². The van der Waals surface area contributed by atoms with Crippen LogP contribution in [0.1, 0.15) is 18.2 Å². The molecule has 90 valence electrons. The third-order valence-electron chi connectivity index (χ3n) is 2.31.